The maximum Gasteiger partial charge on any atom is 0.167 e. The fraction of sp³-hybridized carbons (Fsp3) is 0.857. The lowest BCUT2D eigenvalue weighted by Gasteiger charge is -1.98. The van der Waals surface area contributed by atoms with E-state index >= 15 is 0 Å². The van der Waals surface area contributed by atoms with Gasteiger partial charge in [0.05, 0.1) is 6.10 Å². The first kappa shape index (κ1) is 5.42. The number of epoxide rings is 1. The van der Waals surface area contributed by atoms with Crippen molar-refractivity contribution in [3.05, 3.63) is 0 Å². The predicted octanol–water partition coefficient (Wildman–Crippen LogP) is 0.753. The number of carbonyl (C=O) groups excluding carboxylic acids is 1. The van der Waals surface area contributed by atoms with E-state index in [9.17, 15) is 4.79 Å². The van der Waals surface area contributed by atoms with Gasteiger partial charge < -0.3 is 4.74 Å². The molecule has 0 spiro atoms. The molecule has 0 radical (unpaired) electrons. The van der Waals surface area contributed by atoms with Gasteiger partial charge in [-0.2, -0.15) is 0 Å². The molecule has 2 rings (SSSR count). The van der Waals surface area contributed by atoms with Gasteiger partial charge in [0.2, 0.25) is 0 Å². The van der Waals surface area contributed by atoms with Gasteiger partial charge in [0.15, 0.2) is 11.4 Å². The number of hydrogen-bond donors (Lipinski definition) is 0. The molecule has 0 bridgehead atoms. The number of fused-ring (bicyclic) bond motifs is 1. The first-order valence-electron chi connectivity index (χ1n) is 3.36. The minimum Gasteiger partial charge on any atom is -0.358 e. The molecule has 9 heavy (non-hydrogen) atoms. The van der Waals surface area contributed by atoms with Gasteiger partial charge in [-0.3, -0.25) is 4.79 Å². The maximum atomic E-state index is 11.0. The lowest BCUT2D eigenvalue weighted by Crippen LogP contribution is -2.15. The fourth-order valence-corrected chi connectivity index (χ4v) is 1.72. The molecule has 0 amide bonds. The van der Waals surface area contributed by atoms with E-state index in [1.165, 1.54) is 0 Å². The average molecular weight is 126 g/mol. The van der Waals surface area contributed by atoms with E-state index in [1.54, 1.807) is 0 Å². The second kappa shape index (κ2) is 1.21. The Bertz CT molecular complexity index is 176. The Hall–Kier alpha value is -0.370. The smallest absolute Gasteiger partial charge is 0.167 e. The van der Waals surface area contributed by atoms with Crippen molar-refractivity contribution in [1.82, 2.24) is 0 Å². The molecular weight excluding hydrogens is 116 g/mol. The zero-order chi connectivity index (χ0) is 6.65. The Balaban J connectivity index is 2.28. The van der Waals surface area contributed by atoms with Crippen LogP contribution in [0.15, 0.2) is 0 Å². The molecule has 1 saturated heterocycles. The molecule has 1 aliphatic carbocycles. The van der Waals surface area contributed by atoms with E-state index in [1.807, 2.05) is 6.92 Å². The van der Waals surface area contributed by atoms with Crippen LogP contribution in [0.1, 0.15) is 20.3 Å². The number of ketones is 1. The van der Waals surface area contributed by atoms with Gasteiger partial charge in [-0.1, -0.05) is 6.92 Å². The van der Waals surface area contributed by atoms with Crippen LogP contribution in [-0.2, 0) is 9.53 Å². The summed E-state index contributed by atoms with van der Waals surface area (Å²) >= 11 is 0. The summed E-state index contributed by atoms with van der Waals surface area (Å²) in [5.74, 6) is 0.752. The lowest BCUT2D eigenvalue weighted by molar-refractivity contribution is -0.123. The Morgan fingerprint density at radius 1 is 1.78 bits per heavy atom. The lowest BCUT2D eigenvalue weighted by atomic mass is 10.1. The topological polar surface area (TPSA) is 29.6 Å². The van der Waals surface area contributed by atoms with Crippen LogP contribution in [0, 0.1) is 5.92 Å². The molecule has 2 nitrogen and oxygen atoms in total. The monoisotopic (exact) mass is 126 g/mol. The third kappa shape index (κ3) is 0.472. The third-order valence-electron chi connectivity index (χ3n) is 2.44. The highest BCUT2D eigenvalue weighted by atomic mass is 16.6. The Kier molecular flexibility index (Phi) is 0.730. The van der Waals surface area contributed by atoms with Crippen molar-refractivity contribution in [1.29, 1.82) is 0 Å². The van der Waals surface area contributed by atoms with Crippen LogP contribution in [0.2, 0.25) is 0 Å². The molecule has 0 aromatic rings. The van der Waals surface area contributed by atoms with Gasteiger partial charge in [-0.05, 0) is 12.8 Å². The van der Waals surface area contributed by atoms with Gasteiger partial charge in [0.25, 0.3) is 0 Å². The molecule has 1 heterocycles. The predicted molar refractivity (Wildman–Crippen MR) is 32.1 cm³/mol. The highest BCUT2D eigenvalue weighted by Crippen LogP contribution is 2.49. The van der Waals surface area contributed by atoms with E-state index in [4.69, 9.17) is 4.74 Å². The molecule has 1 aliphatic heterocycles. The van der Waals surface area contributed by atoms with E-state index < -0.39 is 0 Å². The molecule has 3 atom stereocenters. The normalized spacial score (nSPS) is 55.6. The Labute approximate surface area is 54.2 Å². The van der Waals surface area contributed by atoms with Crippen molar-refractivity contribution in [2.24, 2.45) is 5.92 Å². The van der Waals surface area contributed by atoms with Crippen LogP contribution < -0.4 is 0 Å². The summed E-state index contributed by atoms with van der Waals surface area (Å²) < 4.78 is 5.22. The van der Waals surface area contributed by atoms with E-state index in [0.717, 1.165) is 6.42 Å². The summed E-state index contributed by atoms with van der Waals surface area (Å²) in [6.45, 7) is 3.96. The summed E-state index contributed by atoms with van der Waals surface area (Å²) in [5.41, 5.74) is -0.348. The molecule has 2 aliphatic rings. The van der Waals surface area contributed by atoms with E-state index in [-0.39, 0.29) is 11.7 Å². The zero-order valence-corrected chi connectivity index (χ0v) is 5.68. The number of rotatable bonds is 0. The van der Waals surface area contributed by atoms with Gasteiger partial charge >= 0.3 is 0 Å². The van der Waals surface area contributed by atoms with Gasteiger partial charge in [-0.15, -0.1) is 0 Å². The van der Waals surface area contributed by atoms with Gasteiger partial charge in [0, 0.05) is 6.42 Å². The molecule has 0 aromatic carbocycles. The third-order valence-corrected chi connectivity index (χ3v) is 2.44. The van der Waals surface area contributed by atoms with Crippen LogP contribution in [-0.4, -0.2) is 17.5 Å². The minimum absolute atomic E-state index is 0.255. The van der Waals surface area contributed by atoms with Crippen LogP contribution in [0.4, 0.5) is 0 Å². The van der Waals surface area contributed by atoms with E-state index in [0.29, 0.717) is 11.7 Å². The van der Waals surface area contributed by atoms with Crippen molar-refractivity contribution in [2.45, 2.75) is 32.0 Å². The van der Waals surface area contributed by atoms with Crippen molar-refractivity contribution >= 4 is 5.78 Å². The van der Waals surface area contributed by atoms with Crippen molar-refractivity contribution in [3.63, 3.8) is 0 Å². The number of hydrogen-bond acceptors (Lipinski definition) is 2. The number of Topliss-reactive ketones (excluding diaryl/α,β-unsaturated/α-hetero) is 1. The second-order valence-corrected chi connectivity index (χ2v) is 3.25. The minimum atomic E-state index is -0.348. The van der Waals surface area contributed by atoms with Crippen molar-refractivity contribution < 1.29 is 9.53 Å². The fourth-order valence-electron chi connectivity index (χ4n) is 1.72. The highest BCUT2D eigenvalue weighted by Gasteiger charge is 2.65. The number of carbonyl (C=O) groups is 1. The Morgan fingerprint density at radius 2 is 2.44 bits per heavy atom. The quantitative estimate of drug-likeness (QED) is 0.448. The summed E-state index contributed by atoms with van der Waals surface area (Å²) in [5, 5.41) is 0. The Morgan fingerprint density at radius 3 is 2.56 bits per heavy atom. The SMILES string of the molecule is CC1CC(=O)C2(C)OC12. The van der Waals surface area contributed by atoms with Crippen molar-refractivity contribution in [2.75, 3.05) is 0 Å². The summed E-state index contributed by atoms with van der Waals surface area (Å²) in [7, 11) is 0. The average Bonchev–Trinajstić information content (AvgIpc) is 2.38. The molecule has 0 aromatic heterocycles. The second-order valence-electron chi connectivity index (χ2n) is 3.25. The molecular formula is C7H10O2. The first-order valence-corrected chi connectivity index (χ1v) is 3.36. The summed E-state index contributed by atoms with van der Waals surface area (Å²) in [6, 6.07) is 0. The standard InChI is InChI=1S/C7H10O2/c1-4-3-5(8)7(2)6(4)9-7/h4,6H,3H2,1-2H3. The first-order chi connectivity index (χ1) is 4.14. The number of ether oxygens (including phenoxy) is 1. The molecule has 2 fully saturated rings. The maximum absolute atomic E-state index is 11.0. The molecule has 50 valence electrons. The summed E-state index contributed by atoms with van der Waals surface area (Å²) in [6.07, 6.45) is 0.978. The molecule has 3 unspecified atom stereocenters. The summed E-state index contributed by atoms with van der Waals surface area (Å²) in [4.78, 5) is 11.0. The van der Waals surface area contributed by atoms with Crippen LogP contribution in [0.5, 0.6) is 0 Å². The van der Waals surface area contributed by atoms with Gasteiger partial charge in [-0.25, -0.2) is 0 Å². The van der Waals surface area contributed by atoms with Crippen LogP contribution >= 0.6 is 0 Å². The van der Waals surface area contributed by atoms with E-state index in [2.05, 4.69) is 6.92 Å². The van der Waals surface area contributed by atoms with Crippen molar-refractivity contribution in [3.8, 4) is 0 Å². The largest absolute Gasteiger partial charge is 0.358 e. The van der Waals surface area contributed by atoms with Gasteiger partial charge in [0.1, 0.15) is 0 Å². The van der Waals surface area contributed by atoms with Crippen LogP contribution in [0.3, 0.4) is 0 Å². The molecule has 2 heteroatoms. The van der Waals surface area contributed by atoms with Crippen LogP contribution in [0.25, 0.3) is 0 Å². The zero-order valence-electron chi connectivity index (χ0n) is 5.68. The highest BCUT2D eigenvalue weighted by molar-refractivity contribution is 5.93. The molecule has 1 saturated carbocycles. The molecule has 0 N–H and O–H groups in total.